The van der Waals surface area contributed by atoms with Gasteiger partial charge in [0.15, 0.2) is 5.83 Å². The van der Waals surface area contributed by atoms with E-state index in [0.717, 1.165) is 6.08 Å². The van der Waals surface area contributed by atoms with Crippen LogP contribution in [0.25, 0.3) is 0 Å². The SMILES string of the molecule is F/C=C(\F)C1(F)C2C=CC(C2)C1(F)F. The summed E-state index contributed by atoms with van der Waals surface area (Å²) in [4.78, 5) is 0. The van der Waals surface area contributed by atoms with Gasteiger partial charge >= 0.3 is 0 Å². The molecule has 0 aromatic rings. The standard InChI is InChI=1S/C9H7F5/c10-4-7(11)8(12)5-1-2-6(3-5)9(8,13)14/h1-2,4-6H,3H2/b7-4-. The van der Waals surface area contributed by atoms with Crippen molar-refractivity contribution < 1.29 is 22.0 Å². The summed E-state index contributed by atoms with van der Waals surface area (Å²) in [6.07, 6.45) is 1.46. The van der Waals surface area contributed by atoms with Crippen LogP contribution in [-0.2, 0) is 0 Å². The number of hydrogen-bond acceptors (Lipinski definition) is 0. The zero-order valence-corrected chi connectivity index (χ0v) is 6.98. The van der Waals surface area contributed by atoms with E-state index in [2.05, 4.69) is 0 Å². The fraction of sp³-hybridized carbons (Fsp3) is 0.556. The molecule has 0 aliphatic heterocycles. The van der Waals surface area contributed by atoms with Crippen molar-refractivity contribution in [2.24, 2.45) is 11.8 Å². The second-order valence-corrected chi connectivity index (χ2v) is 3.63. The summed E-state index contributed by atoms with van der Waals surface area (Å²) in [6.45, 7) is 0. The van der Waals surface area contributed by atoms with E-state index in [9.17, 15) is 22.0 Å². The molecule has 78 valence electrons. The van der Waals surface area contributed by atoms with E-state index < -0.39 is 35.6 Å². The highest BCUT2D eigenvalue weighted by atomic mass is 19.3. The minimum Gasteiger partial charge on any atom is -0.229 e. The van der Waals surface area contributed by atoms with E-state index in [1.807, 2.05) is 0 Å². The predicted molar refractivity (Wildman–Crippen MR) is 39.8 cm³/mol. The Hall–Kier alpha value is -0.870. The predicted octanol–water partition coefficient (Wildman–Crippen LogP) is 3.32. The number of fused-ring (bicyclic) bond motifs is 2. The highest BCUT2D eigenvalue weighted by Crippen LogP contribution is 2.61. The molecular weight excluding hydrogens is 203 g/mol. The number of rotatable bonds is 1. The molecule has 0 radical (unpaired) electrons. The lowest BCUT2D eigenvalue weighted by molar-refractivity contribution is -0.135. The van der Waals surface area contributed by atoms with Gasteiger partial charge in [0, 0.05) is 11.8 Å². The minimum absolute atomic E-state index is 0.162. The Balaban J connectivity index is 2.50. The van der Waals surface area contributed by atoms with Crippen LogP contribution in [0, 0.1) is 11.8 Å². The third-order valence-electron chi connectivity index (χ3n) is 2.99. The minimum atomic E-state index is -3.85. The van der Waals surface area contributed by atoms with Crippen molar-refractivity contribution in [1.29, 1.82) is 0 Å². The fourth-order valence-corrected chi connectivity index (χ4v) is 2.20. The molecule has 0 nitrogen and oxygen atoms in total. The average Bonchev–Trinajstić information content (AvgIpc) is 2.68. The van der Waals surface area contributed by atoms with Crippen LogP contribution in [0.15, 0.2) is 24.3 Å². The third kappa shape index (κ3) is 0.828. The van der Waals surface area contributed by atoms with Crippen molar-refractivity contribution in [2.45, 2.75) is 18.0 Å². The molecule has 2 aliphatic rings. The van der Waals surface area contributed by atoms with Gasteiger partial charge in [-0.2, -0.15) is 0 Å². The van der Waals surface area contributed by atoms with Crippen molar-refractivity contribution in [3.05, 3.63) is 24.3 Å². The Morgan fingerprint density at radius 3 is 2.21 bits per heavy atom. The van der Waals surface area contributed by atoms with Gasteiger partial charge in [0.05, 0.1) is 0 Å². The van der Waals surface area contributed by atoms with E-state index in [1.165, 1.54) is 6.08 Å². The number of alkyl halides is 3. The van der Waals surface area contributed by atoms with Crippen LogP contribution >= 0.6 is 0 Å². The largest absolute Gasteiger partial charge is 0.294 e. The number of allylic oxidation sites excluding steroid dienone is 3. The molecule has 14 heavy (non-hydrogen) atoms. The lowest BCUT2D eigenvalue weighted by atomic mass is 9.86. The van der Waals surface area contributed by atoms with Gasteiger partial charge in [0.25, 0.3) is 5.92 Å². The normalized spacial score (nSPS) is 44.8. The van der Waals surface area contributed by atoms with Crippen LogP contribution in [0.2, 0.25) is 0 Å². The van der Waals surface area contributed by atoms with E-state index >= 15 is 0 Å². The van der Waals surface area contributed by atoms with Crippen LogP contribution < -0.4 is 0 Å². The van der Waals surface area contributed by atoms with Crippen molar-refractivity contribution in [2.75, 3.05) is 0 Å². The smallest absolute Gasteiger partial charge is 0.229 e. The molecule has 0 aromatic carbocycles. The van der Waals surface area contributed by atoms with Gasteiger partial charge in [-0.3, -0.25) is 0 Å². The van der Waals surface area contributed by atoms with E-state index in [-0.39, 0.29) is 6.42 Å². The Labute approximate surface area is 77.1 Å². The molecule has 1 fully saturated rings. The molecule has 0 amide bonds. The topological polar surface area (TPSA) is 0 Å². The summed E-state index contributed by atoms with van der Waals surface area (Å²) < 4.78 is 64.8. The van der Waals surface area contributed by atoms with E-state index in [0.29, 0.717) is 0 Å². The summed E-state index contributed by atoms with van der Waals surface area (Å²) in [6, 6.07) is 0. The summed E-state index contributed by atoms with van der Waals surface area (Å²) in [7, 11) is 0. The second-order valence-electron chi connectivity index (χ2n) is 3.63. The van der Waals surface area contributed by atoms with Crippen LogP contribution in [0.3, 0.4) is 0 Å². The Morgan fingerprint density at radius 2 is 1.79 bits per heavy atom. The first-order chi connectivity index (χ1) is 6.44. The molecule has 2 rings (SSSR count). The molecule has 0 spiro atoms. The molecule has 0 heterocycles. The maximum Gasteiger partial charge on any atom is 0.294 e. The molecule has 0 saturated heterocycles. The highest BCUT2D eigenvalue weighted by molar-refractivity contribution is 5.32. The Morgan fingerprint density at radius 1 is 1.21 bits per heavy atom. The zero-order chi connectivity index (χ0) is 10.6. The zero-order valence-electron chi connectivity index (χ0n) is 6.98. The lowest BCUT2D eigenvalue weighted by Gasteiger charge is -2.32. The maximum absolute atomic E-state index is 13.7. The fourth-order valence-electron chi connectivity index (χ4n) is 2.20. The van der Waals surface area contributed by atoms with Crippen molar-refractivity contribution in [3.63, 3.8) is 0 Å². The Bertz CT molecular complexity index is 319. The molecule has 0 aromatic heterocycles. The summed E-state index contributed by atoms with van der Waals surface area (Å²) in [5.74, 6) is -8.43. The molecule has 2 bridgehead atoms. The third-order valence-corrected chi connectivity index (χ3v) is 2.99. The first-order valence-corrected chi connectivity index (χ1v) is 4.16. The van der Waals surface area contributed by atoms with Crippen molar-refractivity contribution >= 4 is 0 Å². The molecule has 3 atom stereocenters. The number of halogens is 5. The van der Waals surface area contributed by atoms with Gasteiger partial charge in [-0.05, 0) is 6.42 Å². The summed E-state index contributed by atoms with van der Waals surface area (Å²) in [5.41, 5.74) is -3.48. The quantitative estimate of drug-likeness (QED) is 0.460. The first kappa shape index (κ1) is 9.68. The van der Waals surface area contributed by atoms with Gasteiger partial charge in [0.1, 0.15) is 6.33 Å². The van der Waals surface area contributed by atoms with Gasteiger partial charge < -0.3 is 0 Å². The monoisotopic (exact) mass is 210 g/mol. The van der Waals surface area contributed by atoms with Crippen molar-refractivity contribution in [1.82, 2.24) is 0 Å². The van der Waals surface area contributed by atoms with Gasteiger partial charge in [-0.15, -0.1) is 0 Å². The molecule has 0 N–H and O–H groups in total. The van der Waals surface area contributed by atoms with E-state index in [4.69, 9.17) is 0 Å². The molecule has 5 heteroatoms. The van der Waals surface area contributed by atoms with Crippen LogP contribution in [0.4, 0.5) is 22.0 Å². The molecule has 1 saturated carbocycles. The summed E-state index contributed by atoms with van der Waals surface area (Å²) >= 11 is 0. The molecular formula is C9H7F5. The van der Waals surface area contributed by atoms with Gasteiger partial charge in [0.2, 0.25) is 5.67 Å². The lowest BCUT2D eigenvalue weighted by Crippen LogP contribution is -2.48. The van der Waals surface area contributed by atoms with Crippen LogP contribution in [0.5, 0.6) is 0 Å². The summed E-state index contributed by atoms with van der Waals surface area (Å²) in [5, 5.41) is 0. The first-order valence-electron chi connectivity index (χ1n) is 4.16. The van der Waals surface area contributed by atoms with Crippen molar-refractivity contribution in [3.8, 4) is 0 Å². The van der Waals surface area contributed by atoms with Crippen LogP contribution in [0.1, 0.15) is 6.42 Å². The van der Waals surface area contributed by atoms with Gasteiger partial charge in [-0.25, -0.2) is 22.0 Å². The molecule has 3 unspecified atom stereocenters. The van der Waals surface area contributed by atoms with Gasteiger partial charge in [-0.1, -0.05) is 12.2 Å². The molecule has 2 aliphatic carbocycles. The van der Waals surface area contributed by atoms with E-state index in [1.54, 1.807) is 0 Å². The number of hydrogen-bond donors (Lipinski definition) is 0. The Kier molecular flexibility index (Phi) is 1.78. The highest BCUT2D eigenvalue weighted by Gasteiger charge is 2.72. The average molecular weight is 210 g/mol. The second kappa shape index (κ2) is 2.58. The van der Waals surface area contributed by atoms with Crippen LogP contribution in [-0.4, -0.2) is 11.6 Å². The maximum atomic E-state index is 13.7.